The summed E-state index contributed by atoms with van der Waals surface area (Å²) in [7, 11) is 0. The van der Waals surface area contributed by atoms with Gasteiger partial charge in [-0.15, -0.1) is 0 Å². The summed E-state index contributed by atoms with van der Waals surface area (Å²) in [6.07, 6.45) is 10.1. The number of allylic oxidation sites excluding steroid dienone is 8. The van der Waals surface area contributed by atoms with Crippen molar-refractivity contribution in [1.82, 2.24) is 0 Å². The van der Waals surface area contributed by atoms with Crippen molar-refractivity contribution in [3.63, 3.8) is 0 Å². The molecule has 0 heterocycles. The molecule has 0 aromatic heterocycles. The van der Waals surface area contributed by atoms with E-state index in [0.29, 0.717) is 6.25 Å². The predicted octanol–water partition coefficient (Wildman–Crippen LogP) is 0.546. The summed E-state index contributed by atoms with van der Waals surface area (Å²) >= 11 is -1.77. The van der Waals surface area contributed by atoms with Crippen LogP contribution in [0.3, 0.4) is 0 Å². The molecule has 4 heteroatoms. The Kier molecular flexibility index (Phi) is 9.68. The van der Waals surface area contributed by atoms with Crippen molar-refractivity contribution < 1.29 is 54.9 Å². The molecule has 24 heavy (non-hydrogen) atoms. The van der Waals surface area contributed by atoms with Crippen LogP contribution in [0.4, 0.5) is 0 Å². The monoisotopic (exact) mass is 549 g/mol. The number of halogens is 2. The molecule has 0 bridgehead atoms. The summed E-state index contributed by atoms with van der Waals surface area (Å²) < 4.78 is 0.862. The van der Waals surface area contributed by atoms with E-state index in [-0.39, 0.29) is 34.0 Å². The summed E-state index contributed by atoms with van der Waals surface area (Å²) in [4.78, 5) is 0. The van der Waals surface area contributed by atoms with Gasteiger partial charge >= 0.3 is 147 Å². The molecular weight excluding hydrogens is 519 g/mol. The Morgan fingerprint density at radius 1 is 0.792 bits per heavy atom. The van der Waals surface area contributed by atoms with Gasteiger partial charge in [-0.1, -0.05) is 0 Å². The average Bonchev–Trinajstić information content (AvgIpc) is 2.91. The van der Waals surface area contributed by atoms with Crippen molar-refractivity contribution in [1.29, 1.82) is 0 Å². The Labute approximate surface area is 179 Å². The molecule has 2 aliphatic carbocycles. The fourth-order valence-corrected chi connectivity index (χ4v) is 36.8. The first-order chi connectivity index (χ1) is 10.2. The molecule has 0 aromatic rings. The standard InChI is InChI=1S/2C8H11.C4H11Si.2BrH.Zr/c2*1-6-4-5-7(2)8(6)3;1-3-5-4-2;;;/h2*4-5H,1-3H3;5H,3-4H2,1-2H3;2*1H;/q;;;;;+2/p-2. The molecule has 0 fully saturated rings. The first-order valence-electron chi connectivity index (χ1n) is 8.84. The first-order valence-corrected chi connectivity index (χ1v) is 17.8. The molecule has 0 saturated heterocycles. The second-order valence-corrected chi connectivity index (χ2v) is 27.2. The third-order valence-corrected chi connectivity index (χ3v) is 36.7. The molecule has 0 nitrogen and oxygen atoms in total. The van der Waals surface area contributed by atoms with Crippen LogP contribution in [0.25, 0.3) is 0 Å². The van der Waals surface area contributed by atoms with Crippen molar-refractivity contribution in [2.24, 2.45) is 0 Å². The Hall–Kier alpha value is 1.02. The van der Waals surface area contributed by atoms with Gasteiger partial charge in [0.05, 0.1) is 0 Å². The minimum absolute atomic E-state index is 0. The summed E-state index contributed by atoms with van der Waals surface area (Å²) in [5.74, 6) is -0.653. The van der Waals surface area contributed by atoms with Gasteiger partial charge in [-0.3, -0.25) is 0 Å². The van der Waals surface area contributed by atoms with Crippen LogP contribution in [0.15, 0.2) is 46.6 Å². The van der Waals surface area contributed by atoms with Crippen LogP contribution >= 0.6 is 0 Å². The van der Waals surface area contributed by atoms with E-state index in [1.54, 1.807) is 11.1 Å². The van der Waals surface area contributed by atoms with Gasteiger partial charge in [0.15, 0.2) is 0 Å². The predicted molar refractivity (Wildman–Crippen MR) is 99.9 cm³/mol. The van der Waals surface area contributed by atoms with Crippen molar-refractivity contribution in [3.8, 4) is 0 Å². The molecule has 135 valence electrons. The van der Waals surface area contributed by atoms with E-state index in [2.05, 4.69) is 79.7 Å². The van der Waals surface area contributed by atoms with Crippen molar-refractivity contribution >= 4 is 5.92 Å². The zero-order valence-electron chi connectivity index (χ0n) is 16.6. The van der Waals surface area contributed by atoms with E-state index in [4.69, 9.17) is 0 Å². The van der Waals surface area contributed by atoms with E-state index >= 15 is 0 Å². The Balaban J connectivity index is 0.00000264. The molecular formula is C20H33Br2SiZr. The average molecular weight is 553 g/mol. The summed E-state index contributed by atoms with van der Waals surface area (Å²) in [5, 5.41) is 0. The minimum atomic E-state index is -1.77. The second kappa shape index (κ2) is 9.29. The van der Waals surface area contributed by atoms with E-state index in [1.165, 1.54) is 23.2 Å². The van der Waals surface area contributed by atoms with E-state index in [9.17, 15) is 0 Å². The molecule has 0 radical (unpaired) electrons. The van der Waals surface area contributed by atoms with Crippen LogP contribution in [0.5, 0.6) is 0 Å². The molecule has 2 atom stereocenters. The fourth-order valence-electron chi connectivity index (χ4n) is 4.57. The summed E-state index contributed by atoms with van der Waals surface area (Å²) in [6.45, 7) is 19.6. The Morgan fingerprint density at radius 3 is 1.33 bits per heavy atom. The third-order valence-electron chi connectivity index (χ3n) is 6.59. The molecule has 2 unspecified atom stereocenters. The molecule has 0 N–H and O–H groups in total. The van der Waals surface area contributed by atoms with Crippen molar-refractivity contribution in [3.05, 3.63) is 46.6 Å². The van der Waals surface area contributed by atoms with Crippen molar-refractivity contribution in [2.75, 3.05) is 0 Å². The zero-order valence-corrected chi connectivity index (χ0v) is 23.3. The SMILES string of the molecule is CC[SiH](CC)[Zr+2]([C]1(C)C=CC(C)=C1C)[C]1(C)C=CC(C)=C1C.[Br-].[Br-]. The molecule has 0 spiro atoms. The van der Waals surface area contributed by atoms with Gasteiger partial charge in [0.1, 0.15) is 0 Å². The van der Waals surface area contributed by atoms with Gasteiger partial charge in [0, 0.05) is 0 Å². The van der Waals surface area contributed by atoms with Crippen LogP contribution in [-0.4, -0.2) is 5.92 Å². The first kappa shape index (κ1) is 25.0. The van der Waals surface area contributed by atoms with E-state index < -0.39 is 26.8 Å². The Morgan fingerprint density at radius 2 is 1.12 bits per heavy atom. The van der Waals surface area contributed by atoms with Gasteiger partial charge in [-0.2, -0.15) is 0 Å². The van der Waals surface area contributed by atoms with Gasteiger partial charge in [0.25, 0.3) is 0 Å². The minimum Gasteiger partial charge on any atom is -1.00 e. The van der Waals surface area contributed by atoms with Crippen LogP contribution in [0, 0.1) is 0 Å². The van der Waals surface area contributed by atoms with Gasteiger partial charge < -0.3 is 34.0 Å². The van der Waals surface area contributed by atoms with Crippen LogP contribution in [-0.2, 0) is 20.9 Å². The van der Waals surface area contributed by atoms with Gasteiger partial charge in [-0.25, -0.2) is 0 Å². The van der Waals surface area contributed by atoms with Gasteiger partial charge in [-0.05, 0) is 0 Å². The fraction of sp³-hybridized carbons (Fsp3) is 0.600. The molecule has 0 amide bonds. The van der Waals surface area contributed by atoms with Crippen LogP contribution in [0.2, 0.25) is 18.3 Å². The smallest absolute Gasteiger partial charge is 1.00 e. The quantitative estimate of drug-likeness (QED) is 0.438. The molecule has 0 saturated carbocycles. The maximum absolute atomic E-state index is 2.61. The number of rotatable bonds is 5. The molecule has 2 rings (SSSR count). The van der Waals surface area contributed by atoms with Crippen LogP contribution in [0.1, 0.15) is 55.4 Å². The van der Waals surface area contributed by atoms with E-state index in [0.717, 1.165) is 0 Å². The van der Waals surface area contributed by atoms with Crippen molar-refractivity contribution in [2.45, 2.75) is 73.7 Å². The third kappa shape index (κ3) is 3.97. The Bertz CT molecular complexity index is 540. The maximum atomic E-state index is 2.61. The van der Waals surface area contributed by atoms with Gasteiger partial charge in [0.2, 0.25) is 0 Å². The number of hydrogen-bond acceptors (Lipinski definition) is 0. The van der Waals surface area contributed by atoms with E-state index in [1.807, 2.05) is 0 Å². The largest absolute Gasteiger partial charge is 1.00 e. The topological polar surface area (TPSA) is 0 Å². The normalized spacial score (nSPS) is 28.5. The number of hydrogen-bond donors (Lipinski definition) is 0. The zero-order chi connectivity index (χ0) is 16.7. The second-order valence-electron chi connectivity index (χ2n) is 7.61. The molecule has 0 aromatic carbocycles. The molecule has 2 aliphatic rings. The maximum Gasteiger partial charge on any atom is -1.00 e. The molecule has 0 aliphatic heterocycles. The summed E-state index contributed by atoms with van der Waals surface area (Å²) in [6, 6.07) is 2.97. The summed E-state index contributed by atoms with van der Waals surface area (Å²) in [5.41, 5.74) is 6.44. The van der Waals surface area contributed by atoms with Crippen LogP contribution < -0.4 is 34.0 Å².